The SMILES string of the molecule is C.CN1CCN(c2ccc(C(=O)N[C@@H](CC(C)(C)C)C(=O)N3CC[C@H]4OCC(=O)[C@H]43)cc2)CC1.S.S. The van der Waals surface area contributed by atoms with Crippen molar-refractivity contribution in [3.63, 3.8) is 0 Å². The number of rotatable bonds is 5. The Hall–Kier alpha value is -1.75. The van der Waals surface area contributed by atoms with Crippen molar-refractivity contribution in [2.24, 2.45) is 5.41 Å². The van der Waals surface area contributed by atoms with Crippen LogP contribution in [0.1, 0.15) is 51.4 Å². The summed E-state index contributed by atoms with van der Waals surface area (Å²) in [6, 6.07) is 6.38. The van der Waals surface area contributed by atoms with Crippen molar-refractivity contribution in [2.75, 3.05) is 51.3 Å². The molecule has 1 N–H and O–H groups in total. The molecule has 3 aliphatic rings. The van der Waals surface area contributed by atoms with Gasteiger partial charge >= 0.3 is 0 Å². The average molecular weight is 541 g/mol. The molecule has 3 aliphatic heterocycles. The van der Waals surface area contributed by atoms with Gasteiger partial charge in [-0.25, -0.2) is 0 Å². The molecule has 36 heavy (non-hydrogen) atoms. The molecule has 10 heteroatoms. The third kappa shape index (κ3) is 7.40. The summed E-state index contributed by atoms with van der Waals surface area (Å²) in [6.45, 7) is 10.6. The molecule has 0 bridgehead atoms. The van der Waals surface area contributed by atoms with Crippen LogP contribution in [0.5, 0.6) is 0 Å². The van der Waals surface area contributed by atoms with E-state index < -0.39 is 12.1 Å². The molecule has 0 aliphatic carbocycles. The van der Waals surface area contributed by atoms with Gasteiger partial charge in [-0.1, -0.05) is 28.2 Å². The minimum absolute atomic E-state index is 0. The highest BCUT2D eigenvalue weighted by molar-refractivity contribution is 7.59. The number of ketones is 1. The highest BCUT2D eigenvalue weighted by Crippen LogP contribution is 2.30. The molecule has 4 rings (SSSR count). The second-order valence-corrected chi connectivity index (χ2v) is 10.7. The van der Waals surface area contributed by atoms with Crippen molar-refractivity contribution < 1.29 is 19.1 Å². The Bertz CT molecular complexity index is 898. The van der Waals surface area contributed by atoms with E-state index >= 15 is 0 Å². The molecule has 0 unspecified atom stereocenters. The number of hydrogen-bond acceptors (Lipinski definition) is 6. The van der Waals surface area contributed by atoms with Gasteiger partial charge in [0.25, 0.3) is 5.91 Å². The highest BCUT2D eigenvalue weighted by atomic mass is 32.1. The van der Waals surface area contributed by atoms with Gasteiger partial charge in [0.1, 0.15) is 18.7 Å². The smallest absolute Gasteiger partial charge is 0.251 e. The molecule has 3 heterocycles. The van der Waals surface area contributed by atoms with Crippen LogP contribution >= 0.6 is 27.0 Å². The highest BCUT2D eigenvalue weighted by Gasteiger charge is 2.48. The van der Waals surface area contributed by atoms with Gasteiger partial charge in [0.05, 0.1) is 6.10 Å². The van der Waals surface area contributed by atoms with Crippen molar-refractivity contribution in [2.45, 2.75) is 59.2 Å². The molecule has 1 aromatic rings. The Labute approximate surface area is 230 Å². The number of anilines is 1. The zero-order valence-electron chi connectivity index (χ0n) is 21.2. The summed E-state index contributed by atoms with van der Waals surface area (Å²) in [7, 11) is 2.12. The van der Waals surface area contributed by atoms with Crippen LogP contribution in [0.3, 0.4) is 0 Å². The van der Waals surface area contributed by atoms with E-state index in [0.29, 0.717) is 24.9 Å². The Balaban J connectivity index is 0.00000216. The van der Waals surface area contributed by atoms with Crippen LogP contribution in [0.4, 0.5) is 5.69 Å². The number of Topliss-reactive ketones (excluding diaryl/α,β-unsaturated/α-hetero) is 1. The van der Waals surface area contributed by atoms with Gasteiger partial charge in [0, 0.05) is 44.0 Å². The lowest BCUT2D eigenvalue weighted by atomic mass is 9.87. The number of ether oxygens (including phenoxy) is 1. The molecule has 8 nitrogen and oxygen atoms in total. The number of nitrogens with zero attached hydrogens (tertiary/aromatic N) is 3. The Kier molecular flexibility index (Phi) is 11.8. The standard InChI is InChI=1S/C25H36N4O4.CH4.2H2S/c1-25(2,3)15-19(24(32)29-10-9-21-22(29)20(30)16-33-21)26-23(31)17-5-7-18(8-6-17)28-13-11-27(4)12-14-28;;;/h5-8,19,21-22H,9-16H2,1-4H3,(H,26,31);1H4;2*1H2/t19-,21+,22+;;;/m0.../s1. The van der Waals surface area contributed by atoms with Crippen LogP contribution in [-0.4, -0.2) is 92.0 Å². The zero-order valence-corrected chi connectivity index (χ0v) is 23.2. The quantitative estimate of drug-likeness (QED) is 0.618. The summed E-state index contributed by atoms with van der Waals surface area (Å²) in [5.74, 6) is -0.517. The molecule has 0 radical (unpaired) electrons. The maximum Gasteiger partial charge on any atom is 0.251 e. The van der Waals surface area contributed by atoms with Crippen molar-refractivity contribution in [1.29, 1.82) is 0 Å². The van der Waals surface area contributed by atoms with Gasteiger partial charge < -0.3 is 24.8 Å². The van der Waals surface area contributed by atoms with Crippen LogP contribution in [-0.2, 0) is 14.3 Å². The molecule has 0 aromatic heterocycles. The first-order valence-corrected chi connectivity index (χ1v) is 11.9. The number of amides is 2. The predicted octanol–water partition coefficient (Wildman–Crippen LogP) is 2.40. The lowest BCUT2D eigenvalue weighted by Gasteiger charge is -2.34. The second-order valence-electron chi connectivity index (χ2n) is 10.7. The maximum atomic E-state index is 13.5. The second kappa shape index (κ2) is 13.2. The monoisotopic (exact) mass is 540 g/mol. The van der Waals surface area contributed by atoms with Crippen LogP contribution in [0, 0.1) is 5.41 Å². The normalized spacial score (nSPS) is 22.6. The van der Waals surface area contributed by atoms with E-state index in [1.165, 1.54) is 0 Å². The number of carbonyl (C=O) groups is 3. The minimum atomic E-state index is -0.693. The summed E-state index contributed by atoms with van der Waals surface area (Å²) >= 11 is 0. The fraction of sp³-hybridized carbons (Fsp3) is 0.654. The molecule has 0 saturated carbocycles. The topological polar surface area (TPSA) is 82.2 Å². The fourth-order valence-corrected chi connectivity index (χ4v) is 4.98. The number of nitrogens with one attached hydrogen (secondary N) is 1. The third-order valence-corrected chi connectivity index (χ3v) is 6.81. The number of fused-ring (bicyclic) bond motifs is 1. The van der Waals surface area contributed by atoms with E-state index in [1.807, 2.05) is 45.0 Å². The van der Waals surface area contributed by atoms with Crippen molar-refractivity contribution >= 4 is 50.3 Å². The van der Waals surface area contributed by atoms with Crippen LogP contribution in [0.2, 0.25) is 0 Å². The first kappa shape index (κ1) is 32.3. The van der Waals surface area contributed by atoms with E-state index in [4.69, 9.17) is 4.74 Å². The molecule has 0 spiro atoms. The van der Waals surface area contributed by atoms with Crippen LogP contribution < -0.4 is 10.2 Å². The summed E-state index contributed by atoms with van der Waals surface area (Å²) in [4.78, 5) is 45.1. The van der Waals surface area contributed by atoms with Gasteiger partial charge in [-0.3, -0.25) is 14.4 Å². The number of piperazine rings is 1. The zero-order chi connectivity index (χ0) is 23.8. The van der Waals surface area contributed by atoms with E-state index in [2.05, 4.69) is 22.2 Å². The maximum absolute atomic E-state index is 13.5. The minimum Gasteiger partial charge on any atom is -0.369 e. The van der Waals surface area contributed by atoms with Crippen molar-refractivity contribution in [1.82, 2.24) is 15.1 Å². The summed E-state index contributed by atoms with van der Waals surface area (Å²) in [5, 5.41) is 2.96. The molecule has 1 aromatic carbocycles. The molecular weight excluding hydrogens is 496 g/mol. The lowest BCUT2D eigenvalue weighted by Crippen LogP contribution is -2.53. The summed E-state index contributed by atoms with van der Waals surface area (Å²) in [6.07, 6.45) is 0.931. The molecule has 3 saturated heterocycles. The number of hydrogen-bond donors (Lipinski definition) is 1. The van der Waals surface area contributed by atoms with Crippen LogP contribution in [0.25, 0.3) is 0 Å². The van der Waals surface area contributed by atoms with Gasteiger partial charge in [0.15, 0.2) is 5.78 Å². The molecule has 204 valence electrons. The third-order valence-electron chi connectivity index (χ3n) is 6.81. The first-order chi connectivity index (χ1) is 15.6. The van der Waals surface area contributed by atoms with Gasteiger partial charge in [-0.15, -0.1) is 0 Å². The van der Waals surface area contributed by atoms with E-state index in [9.17, 15) is 14.4 Å². The summed E-state index contributed by atoms with van der Waals surface area (Å²) < 4.78 is 5.53. The van der Waals surface area contributed by atoms with E-state index in [0.717, 1.165) is 31.9 Å². The summed E-state index contributed by atoms with van der Waals surface area (Å²) in [5.41, 5.74) is 1.46. The van der Waals surface area contributed by atoms with Gasteiger partial charge in [-0.05, 0) is 49.6 Å². The first-order valence-electron chi connectivity index (χ1n) is 11.9. The number of carbonyl (C=O) groups excluding carboxylic acids is 3. The average Bonchev–Trinajstić information content (AvgIpc) is 3.35. The number of likely N-dealkylation sites (tertiary alicyclic amines) is 1. The van der Waals surface area contributed by atoms with E-state index in [-0.39, 0.29) is 70.1 Å². The molecular formula is C26H44N4O4S2. The lowest BCUT2D eigenvalue weighted by molar-refractivity contribution is -0.138. The van der Waals surface area contributed by atoms with E-state index in [1.54, 1.807) is 4.90 Å². The Morgan fingerprint density at radius 3 is 2.25 bits per heavy atom. The fourth-order valence-electron chi connectivity index (χ4n) is 4.98. The molecule has 3 fully saturated rings. The number of likely N-dealkylation sites (N-methyl/N-ethyl adjacent to an activating group) is 1. The Morgan fingerprint density at radius 1 is 1.06 bits per heavy atom. The van der Waals surface area contributed by atoms with Crippen LogP contribution in [0.15, 0.2) is 24.3 Å². The predicted molar refractivity (Wildman–Crippen MR) is 154 cm³/mol. The Morgan fingerprint density at radius 2 is 1.67 bits per heavy atom. The molecule has 2 amide bonds. The van der Waals surface area contributed by atoms with Crippen molar-refractivity contribution in [3.8, 4) is 0 Å². The van der Waals surface area contributed by atoms with Gasteiger partial charge in [-0.2, -0.15) is 27.0 Å². The largest absolute Gasteiger partial charge is 0.369 e. The van der Waals surface area contributed by atoms with Crippen molar-refractivity contribution in [3.05, 3.63) is 29.8 Å². The molecule has 3 atom stereocenters. The number of benzene rings is 1. The van der Waals surface area contributed by atoms with Gasteiger partial charge in [0.2, 0.25) is 5.91 Å².